The predicted molar refractivity (Wildman–Crippen MR) is 67.4 cm³/mol. The lowest BCUT2D eigenvalue weighted by atomic mass is 9.92. The van der Waals surface area contributed by atoms with Crippen LogP contribution in [-0.2, 0) is 4.79 Å². The van der Waals surface area contributed by atoms with E-state index in [2.05, 4.69) is 26.1 Å². The third kappa shape index (κ3) is 2.76. The quantitative estimate of drug-likeness (QED) is 0.753. The fraction of sp³-hybridized carbons (Fsp3) is 0.923. The molecule has 0 aliphatic carbocycles. The Morgan fingerprint density at radius 1 is 1.25 bits per heavy atom. The maximum absolute atomic E-state index is 12.5. The Balaban J connectivity index is 2.70. The molecule has 3 heteroatoms. The summed E-state index contributed by atoms with van der Waals surface area (Å²) in [5.74, 6) is 0.330. The first-order chi connectivity index (χ1) is 7.70. The van der Waals surface area contributed by atoms with E-state index in [9.17, 15) is 4.79 Å². The summed E-state index contributed by atoms with van der Waals surface area (Å²) in [6.07, 6.45) is 5.14. The van der Waals surface area contributed by atoms with Gasteiger partial charge < -0.3 is 10.2 Å². The van der Waals surface area contributed by atoms with E-state index in [1.54, 1.807) is 0 Å². The summed E-state index contributed by atoms with van der Waals surface area (Å²) in [7, 11) is 0. The second-order valence-corrected chi connectivity index (χ2v) is 4.76. The number of hydrogen-bond donors (Lipinski definition) is 1. The molecule has 1 saturated heterocycles. The first kappa shape index (κ1) is 13.5. The molecule has 0 aromatic rings. The summed E-state index contributed by atoms with van der Waals surface area (Å²) in [5, 5.41) is 3.43. The first-order valence-corrected chi connectivity index (χ1v) is 6.74. The van der Waals surface area contributed by atoms with Crippen LogP contribution in [0.25, 0.3) is 0 Å². The maximum atomic E-state index is 12.5. The lowest BCUT2D eigenvalue weighted by Gasteiger charge is -2.33. The molecule has 0 aromatic carbocycles. The minimum atomic E-state index is -0.246. The summed E-state index contributed by atoms with van der Waals surface area (Å²) in [4.78, 5) is 14.6. The number of nitrogens with zero attached hydrogens (tertiary/aromatic N) is 1. The third-order valence-corrected chi connectivity index (χ3v) is 3.53. The summed E-state index contributed by atoms with van der Waals surface area (Å²) >= 11 is 0. The molecule has 0 spiro atoms. The van der Waals surface area contributed by atoms with Crippen LogP contribution in [0.1, 0.15) is 52.9 Å². The molecule has 1 amide bonds. The lowest BCUT2D eigenvalue weighted by molar-refractivity contribution is -0.138. The van der Waals surface area contributed by atoms with E-state index in [0.717, 1.165) is 51.7 Å². The molecule has 1 aliphatic rings. The SMILES string of the molecule is CCCN(CCC)C(=O)C1(CC)CCCN1. The van der Waals surface area contributed by atoms with Gasteiger partial charge in [-0.25, -0.2) is 0 Å². The number of hydrogen-bond acceptors (Lipinski definition) is 2. The van der Waals surface area contributed by atoms with E-state index in [-0.39, 0.29) is 5.54 Å². The highest BCUT2D eigenvalue weighted by Gasteiger charge is 2.41. The van der Waals surface area contributed by atoms with Crippen LogP contribution in [0.15, 0.2) is 0 Å². The Labute approximate surface area is 99.6 Å². The summed E-state index contributed by atoms with van der Waals surface area (Å²) in [6.45, 7) is 9.18. The number of carbonyl (C=O) groups excluding carboxylic acids is 1. The highest BCUT2D eigenvalue weighted by Crippen LogP contribution is 2.25. The van der Waals surface area contributed by atoms with E-state index in [4.69, 9.17) is 0 Å². The van der Waals surface area contributed by atoms with Gasteiger partial charge in [0.15, 0.2) is 0 Å². The largest absolute Gasteiger partial charge is 0.341 e. The van der Waals surface area contributed by atoms with E-state index < -0.39 is 0 Å². The van der Waals surface area contributed by atoms with Crippen LogP contribution < -0.4 is 5.32 Å². The Kier molecular flexibility index (Phi) is 5.26. The van der Waals surface area contributed by atoms with Gasteiger partial charge >= 0.3 is 0 Å². The van der Waals surface area contributed by atoms with Gasteiger partial charge in [-0.05, 0) is 38.6 Å². The molecule has 1 unspecified atom stereocenters. The van der Waals surface area contributed by atoms with Gasteiger partial charge in [0.25, 0.3) is 0 Å². The zero-order chi connectivity index (χ0) is 12.0. The van der Waals surface area contributed by atoms with E-state index in [1.165, 1.54) is 0 Å². The molecule has 0 bridgehead atoms. The van der Waals surface area contributed by atoms with Gasteiger partial charge in [0.2, 0.25) is 5.91 Å². The van der Waals surface area contributed by atoms with Crippen LogP contribution in [0, 0.1) is 0 Å². The van der Waals surface area contributed by atoms with Crippen molar-refractivity contribution >= 4 is 5.91 Å². The summed E-state index contributed by atoms with van der Waals surface area (Å²) in [5.41, 5.74) is -0.246. The first-order valence-electron chi connectivity index (χ1n) is 6.74. The number of amides is 1. The Bertz CT molecular complexity index is 216. The van der Waals surface area contributed by atoms with Gasteiger partial charge in [-0.3, -0.25) is 4.79 Å². The van der Waals surface area contributed by atoms with E-state index >= 15 is 0 Å². The molecular formula is C13H26N2O. The van der Waals surface area contributed by atoms with Crippen molar-refractivity contribution in [2.75, 3.05) is 19.6 Å². The molecule has 1 N–H and O–H groups in total. The zero-order valence-electron chi connectivity index (χ0n) is 11.0. The van der Waals surface area contributed by atoms with E-state index in [0.29, 0.717) is 5.91 Å². The second kappa shape index (κ2) is 6.24. The van der Waals surface area contributed by atoms with Crippen molar-refractivity contribution in [3.8, 4) is 0 Å². The predicted octanol–water partition coefficient (Wildman–Crippen LogP) is 2.17. The van der Waals surface area contributed by atoms with Gasteiger partial charge in [-0.15, -0.1) is 0 Å². The summed E-state index contributed by atoms with van der Waals surface area (Å²) < 4.78 is 0. The smallest absolute Gasteiger partial charge is 0.242 e. The van der Waals surface area contributed by atoms with Crippen LogP contribution in [0.3, 0.4) is 0 Å². The van der Waals surface area contributed by atoms with Crippen LogP contribution in [-0.4, -0.2) is 36.0 Å². The highest BCUT2D eigenvalue weighted by molar-refractivity contribution is 5.86. The summed E-state index contributed by atoms with van der Waals surface area (Å²) in [6, 6.07) is 0. The molecule has 3 nitrogen and oxygen atoms in total. The van der Waals surface area contributed by atoms with Gasteiger partial charge in [0.05, 0.1) is 5.54 Å². The van der Waals surface area contributed by atoms with Crippen molar-refractivity contribution in [3.05, 3.63) is 0 Å². The van der Waals surface area contributed by atoms with Crippen LogP contribution in [0.4, 0.5) is 0 Å². The standard InChI is InChI=1S/C13H26N2O/c1-4-10-15(11-5-2)12(16)13(6-3)8-7-9-14-13/h14H,4-11H2,1-3H3. The molecule has 0 radical (unpaired) electrons. The highest BCUT2D eigenvalue weighted by atomic mass is 16.2. The van der Waals surface area contributed by atoms with Gasteiger partial charge in [-0.1, -0.05) is 20.8 Å². The average molecular weight is 226 g/mol. The molecule has 94 valence electrons. The van der Waals surface area contributed by atoms with Crippen molar-refractivity contribution in [2.24, 2.45) is 0 Å². The van der Waals surface area contributed by atoms with Crippen molar-refractivity contribution in [3.63, 3.8) is 0 Å². The minimum Gasteiger partial charge on any atom is -0.341 e. The molecule has 0 aromatic heterocycles. The van der Waals surface area contributed by atoms with Gasteiger partial charge in [0.1, 0.15) is 0 Å². The van der Waals surface area contributed by atoms with E-state index in [1.807, 2.05) is 4.90 Å². The second-order valence-electron chi connectivity index (χ2n) is 4.76. The molecular weight excluding hydrogens is 200 g/mol. The molecule has 16 heavy (non-hydrogen) atoms. The molecule has 0 saturated carbocycles. The van der Waals surface area contributed by atoms with Crippen LogP contribution >= 0.6 is 0 Å². The monoisotopic (exact) mass is 226 g/mol. The number of carbonyl (C=O) groups is 1. The molecule has 1 heterocycles. The van der Waals surface area contributed by atoms with Crippen molar-refractivity contribution in [1.29, 1.82) is 0 Å². The normalized spacial score (nSPS) is 24.7. The fourth-order valence-corrected chi connectivity index (χ4v) is 2.60. The lowest BCUT2D eigenvalue weighted by Crippen LogP contribution is -2.54. The fourth-order valence-electron chi connectivity index (χ4n) is 2.60. The molecule has 1 rings (SSSR count). The Hall–Kier alpha value is -0.570. The Morgan fingerprint density at radius 2 is 1.88 bits per heavy atom. The van der Waals surface area contributed by atoms with Crippen LogP contribution in [0.5, 0.6) is 0 Å². The van der Waals surface area contributed by atoms with Crippen molar-refractivity contribution in [1.82, 2.24) is 10.2 Å². The van der Waals surface area contributed by atoms with Gasteiger partial charge in [0, 0.05) is 13.1 Å². The zero-order valence-corrected chi connectivity index (χ0v) is 11.0. The minimum absolute atomic E-state index is 0.246. The van der Waals surface area contributed by atoms with Crippen molar-refractivity contribution in [2.45, 2.75) is 58.4 Å². The molecule has 1 atom stereocenters. The number of nitrogens with one attached hydrogen (secondary N) is 1. The van der Waals surface area contributed by atoms with Crippen molar-refractivity contribution < 1.29 is 4.79 Å². The number of rotatable bonds is 6. The molecule has 1 aliphatic heterocycles. The Morgan fingerprint density at radius 3 is 2.25 bits per heavy atom. The molecule has 1 fully saturated rings. The average Bonchev–Trinajstić information content (AvgIpc) is 2.77. The third-order valence-electron chi connectivity index (χ3n) is 3.53. The maximum Gasteiger partial charge on any atom is 0.242 e. The van der Waals surface area contributed by atoms with Crippen LogP contribution in [0.2, 0.25) is 0 Å². The topological polar surface area (TPSA) is 32.3 Å². The van der Waals surface area contributed by atoms with Gasteiger partial charge in [-0.2, -0.15) is 0 Å².